The van der Waals surface area contributed by atoms with Crippen molar-refractivity contribution in [3.05, 3.63) is 53.1 Å². The van der Waals surface area contributed by atoms with Crippen molar-refractivity contribution in [3.8, 4) is 34.1 Å². The molecule has 1 saturated heterocycles. The first-order chi connectivity index (χ1) is 15.4. The molecule has 3 aromatic rings. The summed E-state index contributed by atoms with van der Waals surface area (Å²) in [6, 6.07) is 7.98. The van der Waals surface area contributed by atoms with Gasteiger partial charge in [0.15, 0.2) is 6.17 Å². The van der Waals surface area contributed by atoms with Crippen LogP contribution in [0.2, 0.25) is 0 Å². The number of pyridine rings is 2. The predicted octanol–water partition coefficient (Wildman–Crippen LogP) is 3.25. The van der Waals surface area contributed by atoms with E-state index in [0.29, 0.717) is 23.2 Å². The van der Waals surface area contributed by atoms with E-state index in [4.69, 9.17) is 4.74 Å². The van der Waals surface area contributed by atoms with E-state index in [9.17, 15) is 14.3 Å². The Hall–Kier alpha value is -3.33. The van der Waals surface area contributed by atoms with E-state index in [1.165, 1.54) is 16.7 Å². The minimum Gasteiger partial charge on any atom is -0.506 e. The molecular formula is C24H28FN5O3. The van der Waals surface area contributed by atoms with Crippen LogP contribution in [0.5, 0.6) is 11.6 Å². The van der Waals surface area contributed by atoms with E-state index in [2.05, 4.69) is 20.5 Å². The van der Waals surface area contributed by atoms with Crippen molar-refractivity contribution in [2.24, 2.45) is 7.05 Å². The predicted molar refractivity (Wildman–Crippen MR) is 123 cm³/mol. The van der Waals surface area contributed by atoms with E-state index in [1.807, 2.05) is 27.7 Å². The van der Waals surface area contributed by atoms with Crippen molar-refractivity contribution in [2.75, 3.05) is 0 Å². The normalized spacial score (nSPS) is 21.5. The Kier molecular flexibility index (Phi) is 5.69. The highest BCUT2D eigenvalue weighted by molar-refractivity contribution is 5.70. The van der Waals surface area contributed by atoms with E-state index in [-0.39, 0.29) is 28.4 Å². The van der Waals surface area contributed by atoms with Crippen molar-refractivity contribution in [2.45, 2.75) is 57.5 Å². The fraction of sp³-hybridized carbons (Fsp3) is 0.417. The molecule has 1 aliphatic heterocycles. The molecule has 0 spiro atoms. The van der Waals surface area contributed by atoms with Crippen LogP contribution in [0.3, 0.4) is 0 Å². The number of rotatable bonds is 4. The molecule has 9 heteroatoms. The lowest BCUT2D eigenvalue weighted by Crippen LogP contribution is -2.66. The molecule has 0 unspecified atom stereocenters. The van der Waals surface area contributed by atoms with Crippen LogP contribution in [-0.4, -0.2) is 48.2 Å². The standard InChI is InChI=1S/C24H28FN5O3/c1-23(2)12-18(22(25)24(3,4)29-23)33-19-7-6-16(27-28-19)21-17(31)10-15(13-26-21)14-8-9-30(5)20(32)11-14/h6-11,13,18,22,29,31H,12H2,1-5H3/t18-,22-/m0/s1. The SMILES string of the molecule is Cn1ccc(-c2cnc(-c3ccc(O[C@H]4CC(C)(C)NC(C)(C)[C@H]4F)nn3)c(O)c2)cc1=O. The summed E-state index contributed by atoms with van der Waals surface area (Å²) >= 11 is 0. The molecule has 33 heavy (non-hydrogen) atoms. The number of hydrogen-bond acceptors (Lipinski definition) is 7. The molecule has 0 amide bonds. The fourth-order valence-corrected chi connectivity index (χ4v) is 4.37. The number of hydrogen-bond donors (Lipinski definition) is 2. The Morgan fingerprint density at radius 3 is 2.55 bits per heavy atom. The van der Waals surface area contributed by atoms with Gasteiger partial charge >= 0.3 is 0 Å². The molecular weight excluding hydrogens is 425 g/mol. The molecule has 0 aromatic carbocycles. The Bertz CT molecular complexity index is 1220. The summed E-state index contributed by atoms with van der Waals surface area (Å²) in [6.45, 7) is 7.65. The van der Waals surface area contributed by atoms with Gasteiger partial charge in [-0.2, -0.15) is 0 Å². The fourth-order valence-electron chi connectivity index (χ4n) is 4.37. The summed E-state index contributed by atoms with van der Waals surface area (Å²) in [7, 11) is 1.66. The number of nitrogens with zero attached hydrogens (tertiary/aromatic N) is 4. The average molecular weight is 454 g/mol. The zero-order valence-electron chi connectivity index (χ0n) is 19.3. The minimum atomic E-state index is -1.22. The van der Waals surface area contributed by atoms with Crippen molar-refractivity contribution in [3.63, 3.8) is 0 Å². The third-order valence-corrected chi connectivity index (χ3v) is 5.85. The number of nitrogens with one attached hydrogen (secondary N) is 1. The van der Waals surface area contributed by atoms with Gasteiger partial charge < -0.3 is 19.7 Å². The van der Waals surface area contributed by atoms with Gasteiger partial charge in [0.25, 0.3) is 5.56 Å². The second kappa shape index (κ2) is 8.22. The maximum Gasteiger partial charge on any atom is 0.250 e. The Morgan fingerprint density at radius 2 is 1.91 bits per heavy atom. The van der Waals surface area contributed by atoms with Gasteiger partial charge in [-0.25, -0.2) is 9.37 Å². The lowest BCUT2D eigenvalue weighted by Gasteiger charge is -2.48. The Balaban J connectivity index is 1.53. The van der Waals surface area contributed by atoms with Crippen LogP contribution >= 0.6 is 0 Å². The smallest absolute Gasteiger partial charge is 0.250 e. The first-order valence-electron chi connectivity index (χ1n) is 10.8. The number of ether oxygens (including phenoxy) is 1. The third-order valence-electron chi connectivity index (χ3n) is 5.85. The topological polar surface area (TPSA) is 102 Å². The van der Waals surface area contributed by atoms with Crippen LogP contribution in [0, 0.1) is 0 Å². The van der Waals surface area contributed by atoms with Crippen molar-refractivity contribution >= 4 is 0 Å². The van der Waals surface area contributed by atoms with Crippen LogP contribution in [0.4, 0.5) is 4.39 Å². The highest BCUT2D eigenvalue weighted by Gasteiger charge is 2.47. The van der Waals surface area contributed by atoms with Gasteiger partial charge in [0.2, 0.25) is 5.88 Å². The Morgan fingerprint density at radius 1 is 1.15 bits per heavy atom. The van der Waals surface area contributed by atoms with Crippen LogP contribution in [0.25, 0.3) is 22.5 Å². The number of aryl methyl sites for hydroxylation is 1. The minimum absolute atomic E-state index is 0.0955. The molecule has 2 N–H and O–H groups in total. The summed E-state index contributed by atoms with van der Waals surface area (Å²) in [6.07, 6.45) is 1.80. The largest absolute Gasteiger partial charge is 0.506 e. The molecule has 3 aromatic heterocycles. The van der Waals surface area contributed by atoms with Gasteiger partial charge in [-0.1, -0.05) is 0 Å². The molecule has 0 radical (unpaired) electrons. The average Bonchev–Trinajstić information content (AvgIpc) is 2.73. The zero-order chi connectivity index (χ0) is 24.0. The zero-order valence-corrected chi connectivity index (χ0v) is 19.3. The molecule has 1 fully saturated rings. The molecule has 0 bridgehead atoms. The summed E-state index contributed by atoms with van der Waals surface area (Å²) in [4.78, 5) is 16.2. The summed E-state index contributed by atoms with van der Waals surface area (Å²) < 4.78 is 22.3. The summed E-state index contributed by atoms with van der Waals surface area (Å²) in [5.41, 5.74) is 0.661. The van der Waals surface area contributed by atoms with Gasteiger partial charge in [0.1, 0.15) is 23.2 Å². The van der Waals surface area contributed by atoms with Crippen molar-refractivity contribution in [1.82, 2.24) is 25.1 Å². The lowest BCUT2D eigenvalue weighted by atomic mass is 9.79. The number of aromatic nitrogens is 4. The van der Waals surface area contributed by atoms with Crippen LogP contribution < -0.4 is 15.6 Å². The van der Waals surface area contributed by atoms with Gasteiger partial charge in [-0.05, 0) is 51.5 Å². The second-order valence-corrected chi connectivity index (χ2v) is 9.71. The van der Waals surface area contributed by atoms with Gasteiger partial charge in [0.05, 0.1) is 0 Å². The van der Waals surface area contributed by atoms with Crippen LogP contribution in [0.1, 0.15) is 34.1 Å². The molecule has 4 heterocycles. The maximum absolute atomic E-state index is 15.0. The first-order valence-corrected chi connectivity index (χ1v) is 10.8. The molecule has 0 aliphatic carbocycles. The number of aromatic hydroxyl groups is 1. The van der Waals surface area contributed by atoms with E-state index >= 15 is 0 Å². The summed E-state index contributed by atoms with van der Waals surface area (Å²) in [5.74, 6) is 0.109. The highest BCUT2D eigenvalue weighted by atomic mass is 19.1. The van der Waals surface area contributed by atoms with Gasteiger partial charge in [-0.3, -0.25) is 4.79 Å². The number of halogens is 1. The van der Waals surface area contributed by atoms with E-state index < -0.39 is 17.8 Å². The second-order valence-electron chi connectivity index (χ2n) is 9.71. The van der Waals surface area contributed by atoms with Crippen LogP contribution in [-0.2, 0) is 7.05 Å². The molecule has 1 aliphatic rings. The van der Waals surface area contributed by atoms with Crippen LogP contribution in [0.15, 0.2) is 47.5 Å². The Labute approximate surface area is 191 Å². The summed E-state index contributed by atoms with van der Waals surface area (Å²) in [5, 5.41) is 22.0. The van der Waals surface area contributed by atoms with Gasteiger partial charge in [0, 0.05) is 54.6 Å². The van der Waals surface area contributed by atoms with Crippen molar-refractivity contribution < 1.29 is 14.2 Å². The number of alkyl halides is 1. The molecule has 174 valence electrons. The maximum atomic E-state index is 15.0. The first kappa shape index (κ1) is 22.8. The van der Waals surface area contributed by atoms with Crippen molar-refractivity contribution in [1.29, 1.82) is 0 Å². The molecule has 0 saturated carbocycles. The number of piperidine rings is 1. The quantitative estimate of drug-likeness (QED) is 0.625. The third kappa shape index (κ3) is 4.73. The van der Waals surface area contributed by atoms with E-state index in [0.717, 1.165) is 0 Å². The lowest BCUT2D eigenvalue weighted by molar-refractivity contribution is -0.0281. The van der Waals surface area contributed by atoms with E-state index in [1.54, 1.807) is 37.6 Å². The molecule has 2 atom stereocenters. The monoisotopic (exact) mass is 453 g/mol. The van der Waals surface area contributed by atoms with Gasteiger partial charge in [-0.15, -0.1) is 10.2 Å². The molecule has 8 nitrogen and oxygen atoms in total. The molecule has 4 rings (SSSR count). The highest BCUT2D eigenvalue weighted by Crippen LogP contribution is 2.34.